The number of sulfonamides is 1. The number of para-hydroxylation sites is 1. The molecule has 0 radical (unpaired) electrons. The van der Waals surface area contributed by atoms with Crippen LogP contribution in [0.2, 0.25) is 0 Å². The van der Waals surface area contributed by atoms with Crippen molar-refractivity contribution in [3.05, 3.63) is 83.7 Å². The zero-order chi connectivity index (χ0) is 23.3. The minimum Gasteiger partial charge on any atom is -0.497 e. The maximum Gasteiger partial charge on any atom is 0.262 e. The first-order valence-electron chi connectivity index (χ1n) is 9.65. The molecule has 0 bridgehead atoms. The maximum absolute atomic E-state index is 13.9. The van der Waals surface area contributed by atoms with Gasteiger partial charge in [0.15, 0.2) is 0 Å². The number of hydrogen-bond acceptors (Lipinski definition) is 5. The topological polar surface area (TPSA) is 93.7 Å². The second-order valence-corrected chi connectivity index (χ2v) is 8.60. The molecule has 0 aliphatic rings. The van der Waals surface area contributed by atoms with Crippen LogP contribution in [0.3, 0.4) is 0 Å². The molecule has 2 N–H and O–H groups in total. The lowest BCUT2D eigenvalue weighted by molar-refractivity contribution is 0.0939. The van der Waals surface area contributed by atoms with E-state index in [9.17, 15) is 17.6 Å². The molecular weight excluding hydrogens is 435 g/mol. The highest BCUT2D eigenvalue weighted by atomic mass is 32.2. The van der Waals surface area contributed by atoms with Crippen molar-refractivity contribution < 1.29 is 27.1 Å². The first kappa shape index (κ1) is 23.1. The Bertz CT molecular complexity index is 1230. The Hall–Kier alpha value is -3.59. The molecule has 0 aromatic heterocycles. The van der Waals surface area contributed by atoms with Crippen LogP contribution in [0.25, 0.3) is 0 Å². The summed E-state index contributed by atoms with van der Waals surface area (Å²) in [6.45, 7) is 1.77. The van der Waals surface area contributed by atoms with Crippen LogP contribution in [0.4, 0.5) is 10.1 Å². The van der Waals surface area contributed by atoms with Crippen LogP contribution in [-0.2, 0) is 10.0 Å². The van der Waals surface area contributed by atoms with Gasteiger partial charge in [-0.25, -0.2) is 12.8 Å². The van der Waals surface area contributed by atoms with Crippen molar-refractivity contribution in [2.75, 3.05) is 18.9 Å². The molecule has 0 aliphatic carbocycles. The monoisotopic (exact) mass is 458 g/mol. The molecule has 32 heavy (non-hydrogen) atoms. The van der Waals surface area contributed by atoms with Gasteiger partial charge in [-0.15, -0.1) is 0 Å². The first-order valence-corrected chi connectivity index (χ1v) is 11.1. The zero-order valence-corrected chi connectivity index (χ0v) is 18.6. The molecule has 3 aromatic carbocycles. The van der Waals surface area contributed by atoms with Gasteiger partial charge in [0, 0.05) is 11.1 Å². The number of ether oxygens (including phenoxy) is 2. The maximum atomic E-state index is 13.9. The van der Waals surface area contributed by atoms with Crippen molar-refractivity contribution in [1.82, 2.24) is 5.32 Å². The SMILES string of the molecule is COc1ccc(OC)c(C(C)NC(=O)c2cccc(S(=O)(=O)Nc3ccccc3F)c2)c1. The van der Waals surface area contributed by atoms with E-state index in [4.69, 9.17) is 9.47 Å². The number of methoxy groups -OCH3 is 2. The van der Waals surface area contributed by atoms with Gasteiger partial charge in [0.05, 0.1) is 30.8 Å². The number of carbonyl (C=O) groups is 1. The summed E-state index contributed by atoms with van der Waals surface area (Å²) in [5.41, 5.74) is 0.654. The van der Waals surface area contributed by atoms with Crippen molar-refractivity contribution >= 4 is 21.6 Å². The fourth-order valence-electron chi connectivity index (χ4n) is 3.09. The van der Waals surface area contributed by atoms with Gasteiger partial charge in [0.1, 0.15) is 17.3 Å². The highest BCUT2D eigenvalue weighted by molar-refractivity contribution is 7.92. The van der Waals surface area contributed by atoms with E-state index >= 15 is 0 Å². The van der Waals surface area contributed by atoms with Crippen LogP contribution in [-0.4, -0.2) is 28.5 Å². The van der Waals surface area contributed by atoms with Gasteiger partial charge in [0.2, 0.25) is 0 Å². The third kappa shape index (κ3) is 5.17. The van der Waals surface area contributed by atoms with E-state index in [2.05, 4.69) is 10.0 Å². The van der Waals surface area contributed by atoms with E-state index in [1.807, 2.05) is 0 Å². The van der Waals surface area contributed by atoms with Crippen LogP contribution in [0.5, 0.6) is 11.5 Å². The normalized spacial score (nSPS) is 12.0. The summed E-state index contributed by atoms with van der Waals surface area (Å²) in [6.07, 6.45) is 0. The Morgan fingerprint density at radius 1 is 0.969 bits per heavy atom. The van der Waals surface area contributed by atoms with E-state index in [1.165, 1.54) is 56.7 Å². The molecule has 168 valence electrons. The molecule has 9 heteroatoms. The number of halogens is 1. The summed E-state index contributed by atoms with van der Waals surface area (Å²) in [6, 6.07) is 15.7. The number of carbonyl (C=O) groups excluding carboxylic acids is 1. The second kappa shape index (κ2) is 9.69. The quantitative estimate of drug-likeness (QED) is 0.529. The molecule has 0 fully saturated rings. The van der Waals surface area contributed by atoms with Crippen molar-refractivity contribution in [2.24, 2.45) is 0 Å². The predicted molar refractivity (Wildman–Crippen MR) is 119 cm³/mol. The number of anilines is 1. The number of benzene rings is 3. The molecule has 0 spiro atoms. The largest absolute Gasteiger partial charge is 0.497 e. The molecule has 1 unspecified atom stereocenters. The van der Waals surface area contributed by atoms with E-state index < -0.39 is 27.8 Å². The molecule has 0 saturated heterocycles. The lowest BCUT2D eigenvalue weighted by Gasteiger charge is -2.18. The molecule has 3 rings (SSSR count). The zero-order valence-electron chi connectivity index (χ0n) is 17.8. The Kier molecular flexibility index (Phi) is 6.99. The minimum atomic E-state index is -4.10. The third-order valence-corrected chi connectivity index (χ3v) is 6.14. The summed E-state index contributed by atoms with van der Waals surface area (Å²) in [7, 11) is -1.04. The predicted octanol–water partition coefficient (Wildman–Crippen LogP) is 4.13. The Labute approximate surface area is 186 Å². The van der Waals surface area contributed by atoms with Crippen LogP contribution in [0.15, 0.2) is 71.6 Å². The first-order chi connectivity index (χ1) is 15.2. The van der Waals surface area contributed by atoms with Crippen molar-refractivity contribution in [3.8, 4) is 11.5 Å². The van der Waals surface area contributed by atoms with Gasteiger partial charge in [-0.3, -0.25) is 9.52 Å². The third-order valence-electron chi connectivity index (χ3n) is 4.78. The average Bonchev–Trinajstić information content (AvgIpc) is 2.80. The molecule has 0 saturated carbocycles. The second-order valence-electron chi connectivity index (χ2n) is 6.92. The number of nitrogens with one attached hydrogen (secondary N) is 2. The molecule has 0 heterocycles. The van der Waals surface area contributed by atoms with Gasteiger partial charge < -0.3 is 14.8 Å². The Morgan fingerprint density at radius 3 is 2.41 bits per heavy atom. The van der Waals surface area contributed by atoms with Gasteiger partial charge in [-0.2, -0.15) is 0 Å². The molecule has 7 nitrogen and oxygen atoms in total. The minimum absolute atomic E-state index is 0.134. The van der Waals surface area contributed by atoms with Gasteiger partial charge in [-0.1, -0.05) is 18.2 Å². The molecular formula is C23H23FN2O5S. The van der Waals surface area contributed by atoms with Crippen LogP contribution < -0.4 is 19.5 Å². The summed E-state index contributed by atoms with van der Waals surface area (Å²) in [4.78, 5) is 12.6. The highest BCUT2D eigenvalue weighted by Gasteiger charge is 2.20. The molecule has 0 aliphatic heterocycles. The van der Waals surface area contributed by atoms with E-state index in [1.54, 1.807) is 25.1 Å². The van der Waals surface area contributed by atoms with Gasteiger partial charge >= 0.3 is 0 Å². The van der Waals surface area contributed by atoms with E-state index in [0.717, 1.165) is 6.07 Å². The molecule has 1 amide bonds. The van der Waals surface area contributed by atoms with Crippen LogP contribution in [0, 0.1) is 5.82 Å². The molecule has 3 aromatic rings. The van der Waals surface area contributed by atoms with E-state index in [0.29, 0.717) is 17.1 Å². The summed E-state index contributed by atoms with van der Waals surface area (Å²) in [5, 5.41) is 2.83. The fourth-order valence-corrected chi connectivity index (χ4v) is 4.20. The van der Waals surface area contributed by atoms with Crippen molar-refractivity contribution in [1.29, 1.82) is 0 Å². The number of amides is 1. The van der Waals surface area contributed by atoms with Gasteiger partial charge in [0.25, 0.3) is 15.9 Å². The molecule has 1 atom stereocenters. The smallest absolute Gasteiger partial charge is 0.262 e. The highest BCUT2D eigenvalue weighted by Crippen LogP contribution is 2.29. The summed E-state index contributed by atoms with van der Waals surface area (Å²) in [5.74, 6) is -0.00502. The Morgan fingerprint density at radius 2 is 1.72 bits per heavy atom. The number of rotatable bonds is 8. The Balaban J connectivity index is 1.82. The number of hydrogen-bond donors (Lipinski definition) is 2. The fraction of sp³-hybridized carbons (Fsp3) is 0.174. The van der Waals surface area contributed by atoms with Crippen molar-refractivity contribution in [3.63, 3.8) is 0 Å². The summed E-state index contributed by atoms with van der Waals surface area (Å²) >= 11 is 0. The lowest BCUT2D eigenvalue weighted by atomic mass is 10.1. The van der Waals surface area contributed by atoms with Gasteiger partial charge in [-0.05, 0) is 55.5 Å². The van der Waals surface area contributed by atoms with Crippen LogP contribution >= 0.6 is 0 Å². The van der Waals surface area contributed by atoms with Crippen molar-refractivity contribution in [2.45, 2.75) is 17.9 Å². The van der Waals surface area contributed by atoms with Crippen LogP contribution in [0.1, 0.15) is 28.9 Å². The average molecular weight is 459 g/mol. The van der Waals surface area contributed by atoms with E-state index in [-0.39, 0.29) is 16.1 Å². The lowest BCUT2D eigenvalue weighted by Crippen LogP contribution is -2.27. The standard InChI is InChI=1S/C23H23FN2O5S/c1-15(19-14-17(30-2)11-12-22(19)31-3)25-23(27)16-7-6-8-18(13-16)32(28,29)26-21-10-5-4-9-20(21)24/h4-15,26H,1-3H3,(H,25,27). The summed E-state index contributed by atoms with van der Waals surface area (Å²) < 4.78 is 52.0.